The zero-order valence-electron chi connectivity index (χ0n) is 16.0. The quantitative estimate of drug-likeness (QED) is 0.461. The van der Waals surface area contributed by atoms with Crippen molar-refractivity contribution < 1.29 is 17.6 Å². The third-order valence-corrected chi connectivity index (χ3v) is 5.66. The number of furan rings is 1. The molecule has 0 aliphatic rings. The van der Waals surface area contributed by atoms with Crippen LogP contribution in [0.15, 0.2) is 82.6 Å². The van der Waals surface area contributed by atoms with E-state index >= 15 is 0 Å². The van der Waals surface area contributed by atoms with Gasteiger partial charge in [0, 0.05) is 40.9 Å². The van der Waals surface area contributed by atoms with Crippen LogP contribution < -0.4 is 10.0 Å². The van der Waals surface area contributed by atoms with Crippen molar-refractivity contribution in [3.63, 3.8) is 0 Å². The number of fused-ring (bicyclic) bond motifs is 3. The van der Waals surface area contributed by atoms with Crippen LogP contribution in [0.2, 0.25) is 0 Å². The maximum atomic E-state index is 12.2. The van der Waals surface area contributed by atoms with Crippen LogP contribution in [0.1, 0.15) is 12.0 Å². The van der Waals surface area contributed by atoms with Gasteiger partial charge in [-0.1, -0.05) is 48.5 Å². The van der Waals surface area contributed by atoms with E-state index in [0.717, 1.165) is 27.3 Å². The second kappa shape index (κ2) is 8.52. The van der Waals surface area contributed by atoms with Gasteiger partial charge >= 0.3 is 0 Å². The summed E-state index contributed by atoms with van der Waals surface area (Å²) in [6.07, 6.45) is 1.52. The number of hydrogen-bond acceptors (Lipinski definition) is 4. The van der Waals surface area contributed by atoms with E-state index in [1.807, 2.05) is 48.5 Å². The Labute approximate surface area is 174 Å². The number of nitrogens with one attached hydrogen (secondary N) is 2. The molecule has 0 bridgehead atoms. The van der Waals surface area contributed by atoms with Gasteiger partial charge in [0.25, 0.3) is 0 Å². The van der Waals surface area contributed by atoms with E-state index in [1.54, 1.807) is 24.3 Å². The van der Waals surface area contributed by atoms with Gasteiger partial charge in [0.05, 0.1) is 0 Å². The first-order valence-electron chi connectivity index (χ1n) is 9.44. The number of rotatable bonds is 7. The Morgan fingerprint density at radius 2 is 1.63 bits per heavy atom. The first-order valence-corrected chi connectivity index (χ1v) is 11.0. The summed E-state index contributed by atoms with van der Waals surface area (Å²) in [5, 5.41) is 5.85. The molecular formula is C23H20N2O4S. The summed E-state index contributed by atoms with van der Waals surface area (Å²) in [6.45, 7) is 0.000177. The number of sulfonamides is 1. The predicted molar refractivity (Wildman–Crippen MR) is 119 cm³/mol. The van der Waals surface area contributed by atoms with Gasteiger partial charge < -0.3 is 9.73 Å². The van der Waals surface area contributed by atoms with Gasteiger partial charge in [-0.2, -0.15) is 0 Å². The van der Waals surface area contributed by atoms with Crippen LogP contribution in [0.4, 0.5) is 5.69 Å². The summed E-state index contributed by atoms with van der Waals surface area (Å²) in [5.74, 6) is -0.291. The minimum absolute atomic E-state index is 0.000177. The molecule has 0 saturated heterocycles. The number of para-hydroxylation sites is 1. The fourth-order valence-electron chi connectivity index (χ4n) is 3.11. The van der Waals surface area contributed by atoms with Crippen LogP contribution >= 0.6 is 0 Å². The Bertz CT molecular complexity index is 1330. The second-order valence-corrected chi connectivity index (χ2v) is 8.41. The molecule has 0 fully saturated rings. The molecular weight excluding hydrogens is 400 g/mol. The monoisotopic (exact) mass is 420 g/mol. The summed E-state index contributed by atoms with van der Waals surface area (Å²) in [5.41, 5.74) is 2.84. The summed E-state index contributed by atoms with van der Waals surface area (Å²) >= 11 is 0. The standard InChI is InChI=1S/C23H20N2O4S/c26-23(12-14-24-30(27,28)15-13-17-6-2-1-3-7-17)25-18-10-11-20-19-8-4-5-9-21(19)29-22(20)16-18/h1-11,13,15-16,24H,12,14H2,(H,25,26)/b15-13+. The Morgan fingerprint density at radius 3 is 2.47 bits per heavy atom. The van der Waals surface area contributed by atoms with E-state index in [9.17, 15) is 13.2 Å². The van der Waals surface area contributed by atoms with Crippen molar-refractivity contribution in [2.24, 2.45) is 0 Å². The Hall–Kier alpha value is -3.42. The smallest absolute Gasteiger partial charge is 0.233 e. The molecule has 4 rings (SSSR count). The highest BCUT2D eigenvalue weighted by Crippen LogP contribution is 2.30. The largest absolute Gasteiger partial charge is 0.456 e. The maximum Gasteiger partial charge on any atom is 0.233 e. The maximum absolute atomic E-state index is 12.2. The lowest BCUT2D eigenvalue weighted by Gasteiger charge is -2.06. The Morgan fingerprint density at radius 1 is 0.900 bits per heavy atom. The van der Waals surface area contributed by atoms with E-state index < -0.39 is 10.0 Å². The van der Waals surface area contributed by atoms with Crippen molar-refractivity contribution in [1.82, 2.24) is 4.72 Å². The average Bonchev–Trinajstić information content (AvgIpc) is 3.11. The van der Waals surface area contributed by atoms with Crippen LogP contribution in [-0.2, 0) is 14.8 Å². The highest BCUT2D eigenvalue weighted by atomic mass is 32.2. The SMILES string of the molecule is O=C(CCNS(=O)(=O)/C=C/c1ccccc1)Nc1ccc2c(c1)oc1ccccc12. The van der Waals surface area contributed by atoms with Crippen molar-refractivity contribution >= 4 is 49.6 Å². The highest BCUT2D eigenvalue weighted by Gasteiger charge is 2.10. The average molecular weight is 420 g/mol. The van der Waals surface area contributed by atoms with Gasteiger partial charge in [0.2, 0.25) is 15.9 Å². The van der Waals surface area contributed by atoms with Gasteiger partial charge in [-0.3, -0.25) is 4.79 Å². The van der Waals surface area contributed by atoms with Gasteiger partial charge in [0.15, 0.2) is 0 Å². The Kier molecular flexibility index (Phi) is 5.65. The Balaban J connectivity index is 1.33. The molecule has 1 aromatic heterocycles. The van der Waals surface area contributed by atoms with Crippen molar-refractivity contribution in [2.75, 3.05) is 11.9 Å². The van der Waals surface area contributed by atoms with E-state index in [-0.39, 0.29) is 18.9 Å². The van der Waals surface area contributed by atoms with Crippen LogP contribution in [0.25, 0.3) is 28.0 Å². The number of benzene rings is 3. The molecule has 1 heterocycles. The van der Waals surface area contributed by atoms with Crippen molar-refractivity contribution in [1.29, 1.82) is 0 Å². The van der Waals surface area contributed by atoms with E-state index in [2.05, 4.69) is 10.0 Å². The number of carbonyl (C=O) groups excluding carboxylic acids is 1. The molecule has 0 unspecified atom stereocenters. The summed E-state index contributed by atoms with van der Waals surface area (Å²) in [6, 6.07) is 22.3. The van der Waals surface area contributed by atoms with Gasteiger partial charge in [-0.25, -0.2) is 13.1 Å². The number of carbonyl (C=O) groups is 1. The molecule has 0 aliphatic heterocycles. The van der Waals surface area contributed by atoms with E-state index in [0.29, 0.717) is 11.3 Å². The first kappa shape index (κ1) is 19.9. The minimum atomic E-state index is -3.62. The molecule has 0 atom stereocenters. The molecule has 2 N–H and O–H groups in total. The van der Waals surface area contributed by atoms with Crippen LogP contribution in [0, 0.1) is 0 Å². The number of amides is 1. The normalized spacial score (nSPS) is 12.0. The van der Waals surface area contributed by atoms with E-state index in [1.165, 1.54) is 6.08 Å². The van der Waals surface area contributed by atoms with Crippen LogP contribution in [0.3, 0.4) is 0 Å². The summed E-state index contributed by atoms with van der Waals surface area (Å²) in [7, 11) is -3.62. The van der Waals surface area contributed by atoms with Crippen molar-refractivity contribution in [3.8, 4) is 0 Å². The lowest BCUT2D eigenvalue weighted by atomic mass is 10.1. The fraction of sp³-hybridized carbons (Fsp3) is 0.0870. The van der Waals surface area contributed by atoms with Crippen LogP contribution in [0.5, 0.6) is 0 Å². The molecule has 152 valence electrons. The molecule has 4 aromatic rings. The molecule has 0 radical (unpaired) electrons. The zero-order valence-corrected chi connectivity index (χ0v) is 16.9. The molecule has 0 aliphatic carbocycles. The van der Waals surface area contributed by atoms with Crippen molar-refractivity contribution in [3.05, 3.63) is 83.8 Å². The molecule has 7 heteroatoms. The number of anilines is 1. The zero-order chi connectivity index (χ0) is 21.0. The molecule has 0 saturated carbocycles. The highest BCUT2D eigenvalue weighted by molar-refractivity contribution is 7.92. The third kappa shape index (κ3) is 4.76. The van der Waals surface area contributed by atoms with Gasteiger partial charge in [0.1, 0.15) is 11.2 Å². The van der Waals surface area contributed by atoms with E-state index in [4.69, 9.17) is 4.42 Å². The second-order valence-electron chi connectivity index (χ2n) is 6.76. The first-order chi connectivity index (χ1) is 14.5. The molecule has 30 heavy (non-hydrogen) atoms. The minimum Gasteiger partial charge on any atom is -0.456 e. The lowest BCUT2D eigenvalue weighted by Crippen LogP contribution is -2.26. The van der Waals surface area contributed by atoms with Crippen LogP contribution in [-0.4, -0.2) is 20.9 Å². The third-order valence-electron chi connectivity index (χ3n) is 4.56. The molecule has 3 aromatic carbocycles. The predicted octanol–water partition coefficient (Wildman–Crippen LogP) is 4.50. The molecule has 0 spiro atoms. The topological polar surface area (TPSA) is 88.4 Å². The molecule has 1 amide bonds. The summed E-state index contributed by atoms with van der Waals surface area (Å²) < 4.78 is 32.3. The number of hydrogen-bond donors (Lipinski definition) is 2. The summed E-state index contributed by atoms with van der Waals surface area (Å²) in [4.78, 5) is 12.2. The van der Waals surface area contributed by atoms with Crippen molar-refractivity contribution in [2.45, 2.75) is 6.42 Å². The lowest BCUT2D eigenvalue weighted by molar-refractivity contribution is -0.116. The van der Waals surface area contributed by atoms with Gasteiger partial charge in [-0.05, 0) is 29.8 Å². The fourth-order valence-corrected chi connectivity index (χ4v) is 3.93. The van der Waals surface area contributed by atoms with Gasteiger partial charge in [-0.15, -0.1) is 0 Å². The molecule has 6 nitrogen and oxygen atoms in total.